The van der Waals surface area contributed by atoms with E-state index in [2.05, 4.69) is 62.2 Å². The lowest BCUT2D eigenvalue weighted by Gasteiger charge is -2.38. The molecule has 1 aromatic carbocycles. The third-order valence-corrected chi connectivity index (χ3v) is 3.94. The predicted octanol–water partition coefficient (Wildman–Crippen LogP) is 3.78. The summed E-state index contributed by atoms with van der Waals surface area (Å²) >= 11 is 0. The Kier molecular flexibility index (Phi) is 4.51. The number of hydrogen-bond donors (Lipinski definition) is 1. The third-order valence-electron chi connectivity index (χ3n) is 3.94. The van der Waals surface area contributed by atoms with Gasteiger partial charge in [-0.3, -0.25) is 0 Å². The highest BCUT2D eigenvalue weighted by Crippen LogP contribution is 2.29. The first-order valence-electron chi connectivity index (χ1n) is 7.58. The van der Waals surface area contributed by atoms with Crippen molar-refractivity contribution >= 4 is 5.69 Å². The van der Waals surface area contributed by atoms with E-state index >= 15 is 0 Å². The predicted molar refractivity (Wildman–Crippen MR) is 84.1 cm³/mol. The molecular formula is C17H28N2. The molecule has 0 aromatic heterocycles. The number of nitrogens with one attached hydrogen (secondary N) is 1. The van der Waals surface area contributed by atoms with Gasteiger partial charge in [0.1, 0.15) is 0 Å². The maximum absolute atomic E-state index is 3.67. The number of benzene rings is 1. The lowest BCUT2D eigenvalue weighted by atomic mass is 9.97. The molecule has 1 aliphatic rings. The largest absolute Gasteiger partial charge is 0.369 e. The minimum absolute atomic E-state index is 0.185. The Morgan fingerprint density at radius 3 is 2.63 bits per heavy atom. The van der Waals surface area contributed by atoms with E-state index in [1.54, 1.807) is 0 Å². The maximum Gasteiger partial charge on any atom is 0.0402 e. The van der Waals surface area contributed by atoms with E-state index in [0.29, 0.717) is 5.92 Å². The van der Waals surface area contributed by atoms with Gasteiger partial charge in [-0.05, 0) is 50.8 Å². The Balaban J connectivity index is 2.27. The van der Waals surface area contributed by atoms with Crippen LogP contribution >= 0.6 is 0 Å². The molecule has 0 bridgehead atoms. The molecule has 0 atom stereocenters. The monoisotopic (exact) mass is 260 g/mol. The van der Waals surface area contributed by atoms with Crippen molar-refractivity contribution in [3.63, 3.8) is 0 Å². The van der Waals surface area contributed by atoms with Crippen molar-refractivity contribution in [3.05, 3.63) is 29.8 Å². The van der Waals surface area contributed by atoms with Crippen LogP contribution in [-0.4, -0.2) is 25.2 Å². The fraction of sp³-hybridized carbons (Fsp3) is 0.647. The average molecular weight is 260 g/mol. The minimum Gasteiger partial charge on any atom is -0.369 e. The van der Waals surface area contributed by atoms with Gasteiger partial charge in [-0.2, -0.15) is 0 Å². The molecule has 19 heavy (non-hydrogen) atoms. The summed E-state index contributed by atoms with van der Waals surface area (Å²) in [6.07, 6.45) is 2.54. The minimum atomic E-state index is 0.185. The van der Waals surface area contributed by atoms with Crippen molar-refractivity contribution in [1.82, 2.24) is 5.32 Å². The molecule has 0 unspecified atom stereocenters. The van der Waals surface area contributed by atoms with Gasteiger partial charge in [0.25, 0.3) is 0 Å². The zero-order chi connectivity index (χ0) is 13.9. The topological polar surface area (TPSA) is 15.3 Å². The summed E-state index contributed by atoms with van der Waals surface area (Å²) in [5.74, 6) is 0.581. The molecule has 1 aliphatic heterocycles. The lowest BCUT2D eigenvalue weighted by Crippen LogP contribution is -2.51. The van der Waals surface area contributed by atoms with E-state index in [0.717, 1.165) is 13.1 Å². The smallest absolute Gasteiger partial charge is 0.0402 e. The van der Waals surface area contributed by atoms with Crippen LogP contribution in [0.3, 0.4) is 0 Å². The number of para-hydroxylation sites is 1. The SMILES string of the molecule is CC(C)c1ccccc1N1CCCCNC(C)(C)C1. The van der Waals surface area contributed by atoms with E-state index in [1.165, 1.54) is 30.6 Å². The molecule has 0 saturated carbocycles. The van der Waals surface area contributed by atoms with E-state index in [4.69, 9.17) is 0 Å². The zero-order valence-electron chi connectivity index (χ0n) is 12.9. The number of nitrogens with zero attached hydrogens (tertiary/aromatic N) is 1. The summed E-state index contributed by atoms with van der Waals surface area (Å²) in [5, 5.41) is 3.67. The van der Waals surface area contributed by atoms with Crippen LogP contribution in [-0.2, 0) is 0 Å². The molecule has 0 amide bonds. The van der Waals surface area contributed by atoms with Gasteiger partial charge in [0.15, 0.2) is 0 Å². The summed E-state index contributed by atoms with van der Waals surface area (Å²) < 4.78 is 0. The normalized spacial score (nSPS) is 20.2. The summed E-state index contributed by atoms with van der Waals surface area (Å²) in [6.45, 7) is 12.6. The van der Waals surface area contributed by atoms with Gasteiger partial charge in [0.2, 0.25) is 0 Å². The fourth-order valence-electron chi connectivity index (χ4n) is 2.94. The molecule has 1 N–H and O–H groups in total. The number of hydrogen-bond acceptors (Lipinski definition) is 2. The molecule has 0 spiro atoms. The van der Waals surface area contributed by atoms with Crippen molar-refractivity contribution in [2.75, 3.05) is 24.5 Å². The second-order valence-corrected chi connectivity index (χ2v) is 6.65. The van der Waals surface area contributed by atoms with Crippen molar-refractivity contribution in [2.24, 2.45) is 0 Å². The fourth-order valence-corrected chi connectivity index (χ4v) is 2.94. The van der Waals surface area contributed by atoms with Crippen LogP contribution in [0, 0.1) is 0 Å². The highest BCUT2D eigenvalue weighted by atomic mass is 15.2. The van der Waals surface area contributed by atoms with Crippen molar-refractivity contribution in [3.8, 4) is 0 Å². The highest BCUT2D eigenvalue weighted by Gasteiger charge is 2.24. The Morgan fingerprint density at radius 2 is 1.89 bits per heavy atom. The van der Waals surface area contributed by atoms with Crippen LogP contribution in [0.4, 0.5) is 5.69 Å². The van der Waals surface area contributed by atoms with Crippen LogP contribution in [0.1, 0.15) is 52.0 Å². The average Bonchev–Trinajstić information content (AvgIpc) is 2.34. The van der Waals surface area contributed by atoms with E-state index in [9.17, 15) is 0 Å². The molecule has 0 radical (unpaired) electrons. The van der Waals surface area contributed by atoms with Gasteiger partial charge in [0, 0.05) is 24.3 Å². The Morgan fingerprint density at radius 1 is 1.16 bits per heavy atom. The number of anilines is 1. The van der Waals surface area contributed by atoms with Crippen molar-refractivity contribution in [1.29, 1.82) is 0 Å². The first-order chi connectivity index (χ1) is 8.99. The second-order valence-electron chi connectivity index (χ2n) is 6.65. The Labute approximate surface area is 118 Å². The molecule has 1 aromatic rings. The third kappa shape index (κ3) is 3.73. The van der Waals surface area contributed by atoms with Crippen LogP contribution < -0.4 is 10.2 Å². The first kappa shape index (κ1) is 14.4. The number of rotatable bonds is 2. The van der Waals surface area contributed by atoms with Crippen LogP contribution in [0.2, 0.25) is 0 Å². The standard InChI is InChI=1S/C17H28N2/c1-14(2)15-9-5-6-10-16(15)19-12-8-7-11-18-17(3,4)13-19/h5-6,9-10,14,18H,7-8,11-13H2,1-4H3. The van der Waals surface area contributed by atoms with Gasteiger partial charge < -0.3 is 10.2 Å². The van der Waals surface area contributed by atoms with Crippen molar-refractivity contribution < 1.29 is 0 Å². The van der Waals surface area contributed by atoms with Gasteiger partial charge in [-0.15, -0.1) is 0 Å². The molecule has 1 heterocycles. The molecule has 0 aliphatic carbocycles. The Bertz CT molecular complexity index is 409. The Hall–Kier alpha value is -1.02. The molecular weight excluding hydrogens is 232 g/mol. The molecule has 2 rings (SSSR count). The molecule has 2 heteroatoms. The van der Waals surface area contributed by atoms with E-state index < -0.39 is 0 Å². The van der Waals surface area contributed by atoms with E-state index in [-0.39, 0.29) is 5.54 Å². The molecule has 1 fully saturated rings. The van der Waals surface area contributed by atoms with Gasteiger partial charge in [0.05, 0.1) is 0 Å². The van der Waals surface area contributed by atoms with Crippen molar-refractivity contribution in [2.45, 2.75) is 52.0 Å². The van der Waals surface area contributed by atoms with Crippen LogP contribution in [0.15, 0.2) is 24.3 Å². The zero-order valence-corrected chi connectivity index (χ0v) is 12.9. The quantitative estimate of drug-likeness (QED) is 0.870. The van der Waals surface area contributed by atoms with Gasteiger partial charge in [-0.1, -0.05) is 32.0 Å². The van der Waals surface area contributed by atoms with Gasteiger partial charge in [-0.25, -0.2) is 0 Å². The summed E-state index contributed by atoms with van der Waals surface area (Å²) in [4.78, 5) is 2.57. The van der Waals surface area contributed by atoms with Crippen LogP contribution in [0.5, 0.6) is 0 Å². The van der Waals surface area contributed by atoms with Gasteiger partial charge >= 0.3 is 0 Å². The molecule has 1 saturated heterocycles. The first-order valence-corrected chi connectivity index (χ1v) is 7.58. The summed E-state index contributed by atoms with van der Waals surface area (Å²) in [7, 11) is 0. The second kappa shape index (κ2) is 5.96. The molecule has 106 valence electrons. The lowest BCUT2D eigenvalue weighted by molar-refractivity contribution is 0.363. The van der Waals surface area contributed by atoms with Crippen LogP contribution in [0.25, 0.3) is 0 Å². The summed E-state index contributed by atoms with van der Waals surface area (Å²) in [5.41, 5.74) is 3.08. The summed E-state index contributed by atoms with van der Waals surface area (Å²) in [6, 6.07) is 8.89. The maximum atomic E-state index is 3.67. The molecule has 2 nitrogen and oxygen atoms in total. The van der Waals surface area contributed by atoms with E-state index in [1.807, 2.05) is 0 Å². The highest BCUT2D eigenvalue weighted by molar-refractivity contribution is 5.55.